The summed E-state index contributed by atoms with van der Waals surface area (Å²) in [6.07, 6.45) is 4.83. The van der Waals surface area contributed by atoms with E-state index in [1.807, 2.05) is 32.9 Å². The fraction of sp³-hybridized carbons (Fsp3) is 0.667. The van der Waals surface area contributed by atoms with Gasteiger partial charge in [0.25, 0.3) is 0 Å². The van der Waals surface area contributed by atoms with Gasteiger partial charge in [-0.1, -0.05) is 17.3 Å². The molecule has 0 fully saturated rings. The number of aromatic nitrogens is 2. The third-order valence-corrected chi connectivity index (χ3v) is 2.92. The van der Waals surface area contributed by atoms with E-state index in [-0.39, 0.29) is 12.0 Å². The molecule has 1 heterocycles. The van der Waals surface area contributed by atoms with Crippen molar-refractivity contribution in [1.82, 2.24) is 10.1 Å². The maximum Gasteiger partial charge on any atom is 0.233 e. The molecule has 0 aliphatic heterocycles. The number of hydrogen-bond acceptors (Lipinski definition) is 5. The molecule has 5 nitrogen and oxygen atoms in total. The Labute approximate surface area is 101 Å². The molecule has 1 aliphatic carbocycles. The van der Waals surface area contributed by atoms with Crippen molar-refractivity contribution in [3.05, 3.63) is 23.9 Å². The average Bonchev–Trinajstić information content (AvgIpc) is 2.85. The van der Waals surface area contributed by atoms with Crippen LogP contribution in [0.1, 0.15) is 44.8 Å². The molecule has 2 rings (SSSR count). The molecule has 2 atom stereocenters. The zero-order chi connectivity index (χ0) is 12.5. The van der Waals surface area contributed by atoms with Gasteiger partial charge in [0, 0.05) is 12.6 Å². The molecule has 94 valence electrons. The van der Waals surface area contributed by atoms with E-state index >= 15 is 0 Å². The number of nitrogens with zero attached hydrogens (tertiary/aromatic N) is 2. The monoisotopic (exact) mass is 237 g/mol. The fourth-order valence-corrected chi connectivity index (χ4v) is 1.97. The predicted molar refractivity (Wildman–Crippen MR) is 63.4 cm³/mol. The van der Waals surface area contributed by atoms with Gasteiger partial charge in [-0.3, -0.25) is 0 Å². The Kier molecular flexibility index (Phi) is 3.31. The number of ether oxygens (including phenoxy) is 1. The summed E-state index contributed by atoms with van der Waals surface area (Å²) in [5, 5.41) is 3.99. The molecule has 2 unspecified atom stereocenters. The van der Waals surface area contributed by atoms with Gasteiger partial charge >= 0.3 is 0 Å². The van der Waals surface area contributed by atoms with Gasteiger partial charge in [0.1, 0.15) is 5.60 Å². The standard InChI is InChI=1S/C12H19N3O2/c1-4-16-12(2,3)11-14-10(17-15-11)8-5-6-9(13)7-8/h5-6,8-9H,4,7,13H2,1-3H3. The second-order valence-electron chi connectivity index (χ2n) is 4.79. The summed E-state index contributed by atoms with van der Waals surface area (Å²) in [5.41, 5.74) is 5.29. The summed E-state index contributed by atoms with van der Waals surface area (Å²) in [6.45, 7) is 6.43. The summed E-state index contributed by atoms with van der Waals surface area (Å²) in [7, 11) is 0. The Morgan fingerprint density at radius 1 is 1.53 bits per heavy atom. The summed E-state index contributed by atoms with van der Waals surface area (Å²) in [4.78, 5) is 4.41. The van der Waals surface area contributed by atoms with E-state index in [9.17, 15) is 0 Å². The molecule has 1 aromatic rings. The van der Waals surface area contributed by atoms with Crippen LogP contribution in [0.4, 0.5) is 0 Å². The van der Waals surface area contributed by atoms with Crippen LogP contribution in [0.5, 0.6) is 0 Å². The van der Waals surface area contributed by atoms with E-state index in [2.05, 4.69) is 10.1 Å². The highest BCUT2D eigenvalue weighted by Gasteiger charge is 2.30. The Morgan fingerprint density at radius 3 is 2.88 bits per heavy atom. The van der Waals surface area contributed by atoms with Crippen molar-refractivity contribution in [1.29, 1.82) is 0 Å². The molecule has 2 N–H and O–H groups in total. The maximum absolute atomic E-state index is 5.80. The van der Waals surface area contributed by atoms with Crippen LogP contribution in [0.2, 0.25) is 0 Å². The number of hydrogen-bond donors (Lipinski definition) is 1. The molecular weight excluding hydrogens is 218 g/mol. The Bertz CT molecular complexity index is 412. The lowest BCUT2D eigenvalue weighted by molar-refractivity contribution is -0.0221. The van der Waals surface area contributed by atoms with Gasteiger partial charge < -0.3 is 15.0 Å². The van der Waals surface area contributed by atoms with E-state index in [1.54, 1.807) is 0 Å². The third kappa shape index (κ3) is 2.56. The molecule has 0 amide bonds. The van der Waals surface area contributed by atoms with Gasteiger partial charge in [0.05, 0.1) is 5.92 Å². The van der Waals surface area contributed by atoms with Gasteiger partial charge in [-0.2, -0.15) is 4.98 Å². The third-order valence-electron chi connectivity index (χ3n) is 2.92. The molecule has 0 aromatic carbocycles. The minimum absolute atomic E-state index is 0.0928. The zero-order valence-electron chi connectivity index (χ0n) is 10.5. The van der Waals surface area contributed by atoms with Crippen molar-refractivity contribution in [3.63, 3.8) is 0 Å². The van der Waals surface area contributed by atoms with Crippen molar-refractivity contribution in [2.24, 2.45) is 5.73 Å². The summed E-state index contributed by atoms with van der Waals surface area (Å²) in [6, 6.07) is 0.0928. The Balaban J connectivity index is 2.13. The SMILES string of the molecule is CCOC(C)(C)c1noc(C2C=CC(N)C2)n1. The number of rotatable bonds is 4. The van der Waals surface area contributed by atoms with Crippen molar-refractivity contribution in [2.75, 3.05) is 6.61 Å². The Hall–Kier alpha value is -1.20. The van der Waals surface area contributed by atoms with Crippen LogP contribution in [0.15, 0.2) is 16.7 Å². The van der Waals surface area contributed by atoms with Crippen LogP contribution in [0, 0.1) is 0 Å². The highest BCUT2D eigenvalue weighted by atomic mass is 16.5. The Morgan fingerprint density at radius 2 is 2.29 bits per heavy atom. The van der Waals surface area contributed by atoms with Crippen LogP contribution in [0.3, 0.4) is 0 Å². The first-order chi connectivity index (χ1) is 8.03. The van der Waals surface area contributed by atoms with Crippen LogP contribution < -0.4 is 5.73 Å². The van der Waals surface area contributed by atoms with E-state index < -0.39 is 5.60 Å². The first kappa shape index (κ1) is 12.3. The average molecular weight is 237 g/mol. The van der Waals surface area contributed by atoms with Gasteiger partial charge in [0.15, 0.2) is 0 Å². The molecule has 0 radical (unpaired) electrons. The topological polar surface area (TPSA) is 74.2 Å². The lowest BCUT2D eigenvalue weighted by Gasteiger charge is -2.19. The second-order valence-corrected chi connectivity index (χ2v) is 4.79. The van der Waals surface area contributed by atoms with Crippen LogP contribution >= 0.6 is 0 Å². The van der Waals surface area contributed by atoms with Gasteiger partial charge in [-0.25, -0.2) is 0 Å². The van der Waals surface area contributed by atoms with E-state index in [0.29, 0.717) is 18.3 Å². The van der Waals surface area contributed by atoms with Crippen LogP contribution in [-0.4, -0.2) is 22.8 Å². The molecule has 5 heteroatoms. The molecular formula is C12H19N3O2. The van der Waals surface area contributed by atoms with E-state index in [4.69, 9.17) is 15.0 Å². The minimum atomic E-state index is -0.513. The van der Waals surface area contributed by atoms with Crippen molar-refractivity contribution < 1.29 is 9.26 Å². The summed E-state index contributed by atoms with van der Waals surface area (Å²) < 4.78 is 10.9. The molecule has 1 aliphatic rings. The summed E-state index contributed by atoms with van der Waals surface area (Å²) in [5.74, 6) is 1.35. The van der Waals surface area contributed by atoms with E-state index in [1.165, 1.54) is 0 Å². The number of nitrogens with two attached hydrogens (primary N) is 1. The molecule has 0 spiro atoms. The second kappa shape index (κ2) is 4.58. The largest absolute Gasteiger partial charge is 0.368 e. The smallest absolute Gasteiger partial charge is 0.233 e. The zero-order valence-corrected chi connectivity index (χ0v) is 10.5. The van der Waals surface area contributed by atoms with Crippen LogP contribution in [0.25, 0.3) is 0 Å². The van der Waals surface area contributed by atoms with Crippen LogP contribution in [-0.2, 0) is 10.3 Å². The van der Waals surface area contributed by atoms with Crippen molar-refractivity contribution in [2.45, 2.75) is 44.8 Å². The number of allylic oxidation sites excluding steroid dienone is 1. The lowest BCUT2D eigenvalue weighted by Crippen LogP contribution is -2.23. The highest BCUT2D eigenvalue weighted by molar-refractivity contribution is 5.16. The van der Waals surface area contributed by atoms with Gasteiger partial charge in [-0.05, 0) is 27.2 Å². The van der Waals surface area contributed by atoms with Gasteiger partial charge in [0.2, 0.25) is 11.7 Å². The first-order valence-corrected chi connectivity index (χ1v) is 5.95. The molecule has 17 heavy (non-hydrogen) atoms. The maximum atomic E-state index is 5.80. The minimum Gasteiger partial charge on any atom is -0.368 e. The lowest BCUT2D eigenvalue weighted by atomic mass is 10.1. The fourth-order valence-electron chi connectivity index (χ4n) is 1.97. The molecule has 0 bridgehead atoms. The highest BCUT2D eigenvalue weighted by Crippen LogP contribution is 2.29. The van der Waals surface area contributed by atoms with E-state index in [0.717, 1.165) is 6.42 Å². The molecule has 0 saturated carbocycles. The first-order valence-electron chi connectivity index (χ1n) is 5.95. The van der Waals surface area contributed by atoms with Crippen molar-refractivity contribution >= 4 is 0 Å². The quantitative estimate of drug-likeness (QED) is 0.807. The van der Waals surface area contributed by atoms with Crippen molar-refractivity contribution in [3.8, 4) is 0 Å². The summed E-state index contributed by atoms with van der Waals surface area (Å²) >= 11 is 0. The van der Waals surface area contributed by atoms with Gasteiger partial charge in [-0.15, -0.1) is 0 Å². The normalized spacial score (nSPS) is 24.5. The molecule has 1 aromatic heterocycles. The molecule has 0 saturated heterocycles. The predicted octanol–water partition coefficient (Wildman–Crippen LogP) is 1.71.